The zero-order valence-electron chi connectivity index (χ0n) is 12.4. The third-order valence-electron chi connectivity index (χ3n) is 3.84. The maximum Gasteiger partial charge on any atom is 0.293 e. The van der Waals surface area contributed by atoms with Crippen LogP contribution in [0.25, 0.3) is 0 Å². The number of primary sulfonamides is 1. The molecule has 1 fully saturated rings. The van der Waals surface area contributed by atoms with E-state index in [4.69, 9.17) is 5.14 Å². The highest BCUT2D eigenvalue weighted by molar-refractivity contribution is 7.89. The van der Waals surface area contributed by atoms with Crippen LogP contribution in [-0.4, -0.2) is 50.6 Å². The molecule has 0 radical (unpaired) electrons. The first kappa shape index (κ1) is 17.6. The highest BCUT2D eigenvalue weighted by Gasteiger charge is 2.23. The van der Waals surface area contributed by atoms with Gasteiger partial charge in [-0.2, -0.15) is 0 Å². The minimum absolute atomic E-state index is 0.0184. The molecule has 0 amide bonds. The minimum Gasteiger partial charge on any atom is -0.377 e. The molecule has 1 aliphatic rings. The van der Waals surface area contributed by atoms with Crippen LogP contribution in [0.2, 0.25) is 0 Å². The van der Waals surface area contributed by atoms with Gasteiger partial charge < -0.3 is 10.2 Å². The molecule has 0 bridgehead atoms. The normalized spacial score (nSPS) is 17.1. The van der Waals surface area contributed by atoms with Gasteiger partial charge in [-0.05, 0) is 25.0 Å². The van der Waals surface area contributed by atoms with Gasteiger partial charge in [0.15, 0.2) is 0 Å². The van der Waals surface area contributed by atoms with Gasteiger partial charge in [0.1, 0.15) is 12.4 Å². The Kier molecular flexibility index (Phi) is 5.50. The summed E-state index contributed by atoms with van der Waals surface area (Å²) in [5, 5.41) is 19.2. The van der Waals surface area contributed by atoms with Gasteiger partial charge in [0.05, 0.1) is 9.82 Å². The van der Waals surface area contributed by atoms with Gasteiger partial charge in [-0.25, -0.2) is 17.9 Å². The summed E-state index contributed by atoms with van der Waals surface area (Å²) in [6, 6.07) is 3.56. The number of sulfonamides is 1. The van der Waals surface area contributed by atoms with E-state index in [0.29, 0.717) is 19.6 Å². The highest BCUT2D eigenvalue weighted by Crippen LogP contribution is 2.29. The number of nitro benzene ring substituents is 1. The lowest BCUT2D eigenvalue weighted by molar-refractivity contribution is -0.384. The molecule has 1 aliphatic heterocycles. The lowest BCUT2D eigenvalue weighted by atomic mass is 10.0. The summed E-state index contributed by atoms with van der Waals surface area (Å²) >= 11 is 0. The summed E-state index contributed by atoms with van der Waals surface area (Å²) in [6.07, 6.45) is 1.46. The predicted molar refractivity (Wildman–Crippen MR) is 83.5 cm³/mol. The third-order valence-corrected chi connectivity index (χ3v) is 4.75. The van der Waals surface area contributed by atoms with Crippen LogP contribution in [0.4, 0.5) is 15.8 Å². The summed E-state index contributed by atoms with van der Waals surface area (Å²) in [5.41, 5.74) is -0.0749. The SMILES string of the molecule is NS(=O)(=O)c1ccc(NC2CCN(CCF)CC2)c([N+](=O)[O-])c1. The lowest BCUT2D eigenvalue weighted by Crippen LogP contribution is -2.40. The molecule has 0 atom stereocenters. The monoisotopic (exact) mass is 346 g/mol. The van der Waals surface area contributed by atoms with Gasteiger partial charge in [-0.1, -0.05) is 0 Å². The number of nitrogens with two attached hydrogens (primary N) is 1. The molecule has 0 aromatic heterocycles. The molecule has 0 aliphatic carbocycles. The number of alkyl halides is 1. The van der Waals surface area contributed by atoms with Crippen molar-refractivity contribution in [3.63, 3.8) is 0 Å². The standard InChI is InChI=1S/C13H19FN4O4S/c14-5-8-17-6-3-10(4-7-17)16-12-2-1-11(23(15,21)22)9-13(12)18(19)20/h1-2,9-10,16H,3-8H2,(H2,15,21,22). The largest absolute Gasteiger partial charge is 0.377 e. The number of likely N-dealkylation sites (tertiary alicyclic amines) is 1. The van der Waals surface area contributed by atoms with Crippen LogP contribution in [0.3, 0.4) is 0 Å². The number of rotatable bonds is 6. The van der Waals surface area contributed by atoms with E-state index in [2.05, 4.69) is 5.32 Å². The van der Waals surface area contributed by atoms with E-state index in [9.17, 15) is 22.9 Å². The fourth-order valence-electron chi connectivity index (χ4n) is 2.60. The first-order chi connectivity index (χ1) is 10.8. The highest BCUT2D eigenvalue weighted by atomic mass is 32.2. The van der Waals surface area contributed by atoms with Crippen LogP contribution in [0.15, 0.2) is 23.1 Å². The minimum atomic E-state index is -4.00. The molecule has 0 saturated carbocycles. The Hall–Kier alpha value is -1.78. The average Bonchev–Trinajstić information content (AvgIpc) is 2.48. The number of nitro groups is 1. The Morgan fingerprint density at radius 2 is 2.04 bits per heavy atom. The molecule has 8 nitrogen and oxygen atoms in total. The second-order valence-corrected chi connectivity index (χ2v) is 6.99. The molecule has 1 saturated heterocycles. The second-order valence-electron chi connectivity index (χ2n) is 5.43. The van der Waals surface area contributed by atoms with Crippen LogP contribution in [0, 0.1) is 10.1 Å². The molecule has 10 heteroatoms. The third kappa shape index (κ3) is 4.60. The van der Waals surface area contributed by atoms with Crippen LogP contribution < -0.4 is 10.5 Å². The van der Waals surface area contributed by atoms with E-state index >= 15 is 0 Å². The molecule has 0 spiro atoms. The van der Waals surface area contributed by atoms with Gasteiger partial charge >= 0.3 is 0 Å². The van der Waals surface area contributed by atoms with E-state index < -0.39 is 21.6 Å². The zero-order chi connectivity index (χ0) is 17.0. The number of hydrogen-bond donors (Lipinski definition) is 2. The summed E-state index contributed by atoms with van der Waals surface area (Å²) in [6.45, 7) is 1.43. The molecule has 3 N–H and O–H groups in total. The number of hydrogen-bond acceptors (Lipinski definition) is 6. The molecule has 1 aromatic carbocycles. The van der Waals surface area contributed by atoms with Crippen molar-refractivity contribution < 1.29 is 17.7 Å². The number of halogens is 1. The molecular formula is C13H19FN4O4S. The number of benzene rings is 1. The summed E-state index contributed by atoms with van der Waals surface area (Å²) in [5.74, 6) is 0. The van der Waals surface area contributed by atoms with Crippen molar-refractivity contribution in [2.45, 2.75) is 23.8 Å². The smallest absolute Gasteiger partial charge is 0.293 e. The van der Waals surface area contributed by atoms with E-state index in [1.807, 2.05) is 4.90 Å². The molecule has 1 heterocycles. The molecule has 0 unspecified atom stereocenters. The van der Waals surface area contributed by atoms with Crippen LogP contribution >= 0.6 is 0 Å². The van der Waals surface area contributed by atoms with Crippen LogP contribution in [-0.2, 0) is 10.0 Å². The fraction of sp³-hybridized carbons (Fsp3) is 0.538. The number of nitrogens with zero attached hydrogens (tertiary/aromatic N) is 2. The second kappa shape index (κ2) is 7.20. The predicted octanol–water partition coefficient (Wildman–Crippen LogP) is 1.09. The van der Waals surface area contributed by atoms with Crippen molar-refractivity contribution in [2.75, 3.05) is 31.6 Å². The van der Waals surface area contributed by atoms with Gasteiger partial charge in [-0.3, -0.25) is 10.1 Å². The van der Waals surface area contributed by atoms with Crippen molar-refractivity contribution in [1.82, 2.24) is 4.90 Å². The van der Waals surface area contributed by atoms with Crippen molar-refractivity contribution in [3.8, 4) is 0 Å². The summed E-state index contributed by atoms with van der Waals surface area (Å²) in [4.78, 5) is 12.2. The van der Waals surface area contributed by atoms with Crippen LogP contribution in [0.5, 0.6) is 0 Å². The summed E-state index contributed by atoms with van der Waals surface area (Å²) < 4.78 is 34.9. The van der Waals surface area contributed by atoms with Crippen molar-refractivity contribution in [3.05, 3.63) is 28.3 Å². The zero-order valence-corrected chi connectivity index (χ0v) is 13.3. The Morgan fingerprint density at radius 1 is 1.39 bits per heavy atom. The van der Waals surface area contributed by atoms with E-state index in [0.717, 1.165) is 18.9 Å². The van der Waals surface area contributed by atoms with Crippen molar-refractivity contribution in [1.29, 1.82) is 0 Å². The Morgan fingerprint density at radius 3 is 2.57 bits per heavy atom. The number of anilines is 1. The van der Waals surface area contributed by atoms with Crippen molar-refractivity contribution in [2.24, 2.45) is 5.14 Å². The maximum absolute atomic E-state index is 12.3. The Labute approximate surface area is 133 Å². The topological polar surface area (TPSA) is 119 Å². The van der Waals surface area contributed by atoms with Gasteiger partial charge in [-0.15, -0.1) is 0 Å². The molecule has 128 valence electrons. The first-order valence-corrected chi connectivity index (χ1v) is 8.72. The molecule has 2 rings (SSSR count). The van der Waals surface area contributed by atoms with Crippen LogP contribution in [0.1, 0.15) is 12.8 Å². The maximum atomic E-state index is 12.3. The number of piperidine rings is 1. The molecular weight excluding hydrogens is 327 g/mol. The molecule has 23 heavy (non-hydrogen) atoms. The van der Waals surface area contributed by atoms with Gasteiger partial charge in [0, 0.05) is 31.7 Å². The fourth-order valence-corrected chi connectivity index (χ4v) is 3.14. The quantitative estimate of drug-likeness (QED) is 0.588. The Bertz CT molecular complexity index is 675. The van der Waals surface area contributed by atoms with E-state index in [1.54, 1.807) is 0 Å². The van der Waals surface area contributed by atoms with E-state index in [1.165, 1.54) is 12.1 Å². The number of nitrogens with one attached hydrogen (secondary N) is 1. The Balaban J connectivity index is 2.13. The first-order valence-electron chi connectivity index (χ1n) is 7.17. The average molecular weight is 346 g/mol. The van der Waals surface area contributed by atoms with Gasteiger partial charge in [0.25, 0.3) is 5.69 Å². The van der Waals surface area contributed by atoms with Gasteiger partial charge in [0.2, 0.25) is 10.0 Å². The summed E-state index contributed by atoms with van der Waals surface area (Å²) in [7, 11) is -4.00. The lowest BCUT2D eigenvalue weighted by Gasteiger charge is -2.32. The molecule has 1 aromatic rings. The van der Waals surface area contributed by atoms with E-state index in [-0.39, 0.29) is 22.3 Å². The van der Waals surface area contributed by atoms with Crippen molar-refractivity contribution >= 4 is 21.4 Å².